The molecule has 1 aliphatic heterocycles. The lowest BCUT2D eigenvalue weighted by molar-refractivity contribution is -0.139. The molecule has 1 atom stereocenters. The molecule has 1 aliphatic rings. The monoisotopic (exact) mass is 284 g/mol. The highest BCUT2D eigenvalue weighted by molar-refractivity contribution is 9.10. The van der Waals surface area contributed by atoms with Gasteiger partial charge in [0.05, 0.1) is 0 Å². The van der Waals surface area contributed by atoms with E-state index >= 15 is 0 Å². The van der Waals surface area contributed by atoms with Crippen LogP contribution in [0.15, 0.2) is 22.8 Å². The third-order valence-electron chi connectivity index (χ3n) is 2.78. The number of hydrogen-bond donors (Lipinski definition) is 1. The van der Waals surface area contributed by atoms with Crippen molar-refractivity contribution >= 4 is 27.7 Å². The van der Waals surface area contributed by atoms with E-state index in [0.29, 0.717) is 6.42 Å². The number of pyridine rings is 1. The summed E-state index contributed by atoms with van der Waals surface area (Å²) in [5.74, 6) is -0.0250. The predicted molar refractivity (Wildman–Crippen MR) is 64.6 cm³/mol. The fraction of sp³-hybridized carbons (Fsp3) is 0.455. The maximum Gasteiger partial charge on any atom is 0.326 e. The van der Waals surface area contributed by atoms with Crippen LogP contribution < -0.4 is 4.90 Å². The highest BCUT2D eigenvalue weighted by atomic mass is 79.9. The van der Waals surface area contributed by atoms with Crippen LogP contribution in [0.25, 0.3) is 0 Å². The second-order valence-corrected chi connectivity index (χ2v) is 4.67. The minimum Gasteiger partial charge on any atom is -0.480 e. The highest BCUT2D eigenvalue weighted by Crippen LogP contribution is 2.24. The summed E-state index contributed by atoms with van der Waals surface area (Å²) < 4.78 is 0.736. The number of nitrogens with zero attached hydrogens (tertiary/aromatic N) is 2. The van der Waals surface area contributed by atoms with Gasteiger partial charge in [-0.3, -0.25) is 0 Å². The summed E-state index contributed by atoms with van der Waals surface area (Å²) in [6, 6.07) is 5.13. The molecule has 5 heteroatoms. The first-order chi connectivity index (χ1) is 7.68. The number of halogens is 1. The number of aromatic nitrogens is 1. The van der Waals surface area contributed by atoms with E-state index in [9.17, 15) is 4.79 Å². The Morgan fingerprint density at radius 2 is 2.31 bits per heavy atom. The molecule has 0 amide bonds. The van der Waals surface area contributed by atoms with Crippen molar-refractivity contribution in [3.05, 3.63) is 22.8 Å². The van der Waals surface area contributed by atoms with Gasteiger partial charge in [-0.2, -0.15) is 0 Å². The van der Waals surface area contributed by atoms with Crippen LogP contribution in [0.4, 0.5) is 5.82 Å². The van der Waals surface area contributed by atoms with Crippen molar-refractivity contribution < 1.29 is 9.90 Å². The van der Waals surface area contributed by atoms with E-state index in [4.69, 9.17) is 5.11 Å². The number of carbonyl (C=O) groups is 1. The highest BCUT2D eigenvalue weighted by Gasteiger charge is 2.29. The minimum atomic E-state index is -0.763. The molecule has 1 aromatic heterocycles. The first kappa shape index (κ1) is 11.4. The minimum absolute atomic E-state index is 0.435. The smallest absolute Gasteiger partial charge is 0.326 e. The maximum atomic E-state index is 11.1. The van der Waals surface area contributed by atoms with Crippen molar-refractivity contribution in [2.75, 3.05) is 11.4 Å². The molecule has 4 nitrogen and oxygen atoms in total. The Bertz CT molecular complexity index is 397. The first-order valence-electron chi connectivity index (χ1n) is 5.30. The Hall–Kier alpha value is -1.10. The molecule has 0 bridgehead atoms. The van der Waals surface area contributed by atoms with Gasteiger partial charge in [0.2, 0.25) is 0 Å². The third kappa shape index (κ3) is 2.35. The van der Waals surface area contributed by atoms with Crippen LogP contribution in [0.1, 0.15) is 19.3 Å². The fourth-order valence-corrected chi connectivity index (χ4v) is 2.35. The maximum absolute atomic E-state index is 11.1. The van der Waals surface area contributed by atoms with E-state index < -0.39 is 12.0 Å². The van der Waals surface area contributed by atoms with Gasteiger partial charge < -0.3 is 10.0 Å². The summed E-state index contributed by atoms with van der Waals surface area (Å²) in [6.45, 7) is 0.764. The van der Waals surface area contributed by atoms with Gasteiger partial charge in [0, 0.05) is 6.54 Å². The molecular formula is C11H13BrN2O2. The second kappa shape index (κ2) is 4.82. The summed E-state index contributed by atoms with van der Waals surface area (Å²) in [5, 5.41) is 9.16. The van der Waals surface area contributed by atoms with Crippen LogP contribution in [0.3, 0.4) is 0 Å². The SMILES string of the molecule is O=C(O)[C@@H]1CCCCN1c1cccc(Br)n1. The third-order valence-corrected chi connectivity index (χ3v) is 3.22. The molecule has 0 aromatic carbocycles. The molecule has 0 radical (unpaired) electrons. The van der Waals surface area contributed by atoms with Crippen LogP contribution in [0.5, 0.6) is 0 Å². The van der Waals surface area contributed by atoms with E-state index in [1.807, 2.05) is 23.1 Å². The van der Waals surface area contributed by atoms with E-state index in [0.717, 1.165) is 29.8 Å². The van der Waals surface area contributed by atoms with Crippen LogP contribution in [-0.4, -0.2) is 28.6 Å². The van der Waals surface area contributed by atoms with Gasteiger partial charge in [-0.15, -0.1) is 0 Å². The molecule has 0 unspecified atom stereocenters. The van der Waals surface area contributed by atoms with Crippen molar-refractivity contribution in [1.29, 1.82) is 0 Å². The van der Waals surface area contributed by atoms with Crippen molar-refractivity contribution in [2.24, 2.45) is 0 Å². The Morgan fingerprint density at radius 3 is 3.00 bits per heavy atom. The Kier molecular flexibility index (Phi) is 3.43. The van der Waals surface area contributed by atoms with Gasteiger partial charge >= 0.3 is 5.97 Å². The number of aliphatic carboxylic acids is 1. The van der Waals surface area contributed by atoms with Crippen LogP contribution in [-0.2, 0) is 4.79 Å². The predicted octanol–water partition coefficient (Wildman–Crippen LogP) is 2.29. The van der Waals surface area contributed by atoms with Gasteiger partial charge in [-0.05, 0) is 47.3 Å². The number of piperidine rings is 1. The van der Waals surface area contributed by atoms with Crippen molar-refractivity contribution in [1.82, 2.24) is 4.98 Å². The van der Waals surface area contributed by atoms with Crippen LogP contribution in [0, 0.1) is 0 Å². The summed E-state index contributed by atoms with van der Waals surface area (Å²) in [4.78, 5) is 17.3. The quantitative estimate of drug-likeness (QED) is 0.847. The molecule has 1 aromatic rings. The van der Waals surface area contributed by atoms with E-state index in [-0.39, 0.29) is 0 Å². The molecule has 2 heterocycles. The fourth-order valence-electron chi connectivity index (χ4n) is 2.02. The number of carboxylic acid groups (broad SMARTS) is 1. The first-order valence-corrected chi connectivity index (χ1v) is 6.10. The molecule has 0 spiro atoms. The lowest BCUT2D eigenvalue weighted by Gasteiger charge is -2.33. The number of anilines is 1. The van der Waals surface area contributed by atoms with Gasteiger partial charge in [0.15, 0.2) is 0 Å². The van der Waals surface area contributed by atoms with Crippen molar-refractivity contribution in [2.45, 2.75) is 25.3 Å². The van der Waals surface area contributed by atoms with Gasteiger partial charge in [0.1, 0.15) is 16.5 Å². The zero-order chi connectivity index (χ0) is 11.5. The average Bonchev–Trinajstić information content (AvgIpc) is 2.29. The summed E-state index contributed by atoms with van der Waals surface area (Å²) in [7, 11) is 0. The largest absolute Gasteiger partial charge is 0.480 e. The number of carboxylic acids is 1. The summed E-state index contributed by atoms with van der Waals surface area (Å²) in [5.41, 5.74) is 0. The van der Waals surface area contributed by atoms with Gasteiger partial charge in [0.25, 0.3) is 0 Å². The summed E-state index contributed by atoms with van der Waals surface area (Å²) in [6.07, 6.45) is 2.70. The zero-order valence-electron chi connectivity index (χ0n) is 8.77. The van der Waals surface area contributed by atoms with Crippen molar-refractivity contribution in [3.8, 4) is 0 Å². The molecule has 16 heavy (non-hydrogen) atoms. The molecule has 0 aliphatic carbocycles. The second-order valence-electron chi connectivity index (χ2n) is 3.86. The zero-order valence-corrected chi connectivity index (χ0v) is 10.4. The Balaban J connectivity index is 2.26. The van der Waals surface area contributed by atoms with Crippen LogP contribution in [0.2, 0.25) is 0 Å². The van der Waals surface area contributed by atoms with E-state index in [1.54, 1.807) is 0 Å². The topological polar surface area (TPSA) is 53.4 Å². The normalized spacial score (nSPS) is 20.8. The molecule has 1 fully saturated rings. The molecule has 1 saturated heterocycles. The molecular weight excluding hydrogens is 272 g/mol. The Morgan fingerprint density at radius 1 is 1.50 bits per heavy atom. The summed E-state index contributed by atoms with van der Waals surface area (Å²) >= 11 is 3.30. The Labute approximate surface area is 102 Å². The standard InChI is InChI=1S/C11H13BrN2O2/c12-9-5-3-6-10(13-9)14-7-2-1-4-8(14)11(15)16/h3,5-6,8H,1-2,4,7H2,(H,15,16)/t8-/m0/s1. The molecule has 2 rings (SSSR count). The average molecular weight is 285 g/mol. The van der Waals surface area contributed by atoms with Crippen molar-refractivity contribution in [3.63, 3.8) is 0 Å². The molecule has 0 saturated carbocycles. The lowest BCUT2D eigenvalue weighted by atomic mass is 10.0. The molecule has 86 valence electrons. The van der Waals surface area contributed by atoms with Gasteiger partial charge in [-0.1, -0.05) is 6.07 Å². The van der Waals surface area contributed by atoms with E-state index in [1.165, 1.54) is 0 Å². The lowest BCUT2D eigenvalue weighted by Crippen LogP contribution is -2.45. The number of hydrogen-bond acceptors (Lipinski definition) is 3. The molecule has 1 N–H and O–H groups in total. The van der Waals surface area contributed by atoms with Gasteiger partial charge in [-0.25, -0.2) is 9.78 Å². The number of rotatable bonds is 2. The van der Waals surface area contributed by atoms with E-state index in [2.05, 4.69) is 20.9 Å². The van der Waals surface area contributed by atoms with Crippen LogP contribution >= 0.6 is 15.9 Å².